The molecule has 0 saturated heterocycles. The highest BCUT2D eigenvalue weighted by atomic mass is 35.5. The predicted octanol–water partition coefficient (Wildman–Crippen LogP) is 4.60. The second kappa shape index (κ2) is 9.44. The van der Waals surface area contributed by atoms with Gasteiger partial charge in [0.1, 0.15) is 0 Å². The molecule has 0 N–H and O–H groups in total. The summed E-state index contributed by atoms with van der Waals surface area (Å²) in [5.74, 6) is -0.902. The zero-order valence-electron chi connectivity index (χ0n) is 15.8. The number of hydrogen-bond acceptors (Lipinski definition) is 3. The van der Waals surface area contributed by atoms with Crippen molar-refractivity contribution in [1.29, 1.82) is 0 Å². The van der Waals surface area contributed by atoms with Gasteiger partial charge in [-0.1, -0.05) is 84.4 Å². The first-order valence-electron chi connectivity index (χ1n) is 9.32. The Kier molecular flexibility index (Phi) is 6.73. The molecule has 1 radical (unpaired) electrons. The molecule has 0 spiro atoms. The number of rotatable bonds is 9. The summed E-state index contributed by atoms with van der Waals surface area (Å²) in [7, 11) is 0. The molecule has 1 unspecified atom stereocenters. The average molecular weight is 404 g/mol. The Morgan fingerprint density at radius 2 is 1.14 bits per heavy atom. The van der Waals surface area contributed by atoms with Crippen molar-refractivity contribution in [2.24, 2.45) is 5.41 Å². The molecule has 3 nitrogen and oxygen atoms in total. The van der Waals surface area contributed by atoms with E-state index in [9.17, 15) is 14.4 Å². The lowest BCUT2D eigenvalue weighted by Crippen LogP contribution is -2.44. The first-order chi connectivity index (χ1) is 14.0. The van der Waals surface area contributed by atoms with Crippen molar-refractivity contribution >= 4 is 29.5 Å². The summed E-state index contributed by atoms with van der Waals surface area (Å²) >= 11 is 5.91. The molecule has 3 rings (SSSR count). The summed E-state index contributed by atoms with van der Waals surface area (Å²) in [4.78, 5) is 38.7. The lowest BCUT2D eigenvalue weighted by Gasteiger charge is -2.25. The third-order valence-corrected chi connectivity index (χ3v) is 5.18. The SMILES string of the molecule is O=[C]C(Cc1ccccc1)(C(=O)Cc1ccccc1)C(=O)Cc1ccc(Cl)cc1. The van der Waals surface area contributed by atoms with E-state index in [1.807, 2.05) is 42.7 Å². The van der Waals surface area contributed by atoms with E-state index in [1.54, 1.807) is 48.5 Å². The van der Waals surface area contributed by atoms with Gasteiger partial charge in [-0.2, -0.15) is 0 Å². The van der Waals surface area contributed by atoms with Crippen LogP contribution in [0.25, 0.3) is 0 Å². The lowest BCUT2D eigenvalue weighted by molar-refractivity contribution is -0.135. The van der Waals surface area contributed by atoms with Crippen molar-refractivity contribution in [3.63, 3.8) is 0 Å². The monoisotopic (exact) mass is 403 g/mol. The van der Waals surface area contributed by atoms with E-state index in [-0.39, 0.29) is 19.3 Å². The number of carbonyl (C=O) groups excluding carboxylic acids is 3. The maximum absolute atomic E-state index is 13.3. The predicted molar refractivity (Wildman–Crippen MR) is 114 cm³/mol. The molecule has 1 atom stereocenters. The van der Waals surface area contributed by atoms with E-state index in [1.165, 1.54) is 0 Å². The van der Waals surface area contributed by atoms with Gasteiger partial charge in [0, 0.05) is 17.9 Å². The molecule has 3 aromatic carbocycles. The number of Topliss-reactive ketones (excluding diaryl/α,β-unsaturated/α-hetero) is 2. The number of ketones is 2. The lowest BCUT2D eigenvalue weighted by atomic mass is 9.72. The van der Waals surface area contributed by atoms with Gasteiger partial charge >= 0.3 is 0 Å². The Morgan fingerprint density at radius 1 is 0.690 bits per heavy atom. The third kappa shape index (κ3) is 5.07. The van der Waals surface area contributed by atoms with E-state index < -0.39 is 17.0 Å². The fourth-order valence-corrected chi connectivity index (χ4v) is 3.40. The van der Waals surface area contributed by atoms with Gasteiger partial charge < -0.3 is 0 Å². The molecule has 0 amide bonds. The standard InChI is InChI=1S/C25H20ClO3/c26-22-13-11-20(12-14-22)16-24(29)25(18-27,17-21-9-5-2-6-10-21)23(28)15-19-7-3-1-4-8-19/h1-14H,15-17H2. The molecular weight excluding hydrogens is 384 g/mol. The Balaban J connectivity index is 1.94. The molecule has 0 saturated carbocycles. The van der Waals surface area contributed by atoms with Crippen LogP contribution in [0, 0.1) is 5.41 Å². The minimum absolute atomic E-state index is 0.00453. The first kappa shape index (κ1) is 20.7. The molecule has 0 aliphatic rings. The summed E-state index contributed by atoms with van der Waals surface area (Å²) in [6, 6.07) is 25.0. The highest BCUT2D eigenvalue weighted by Crippen LogP contribution is 2.28. The van der Waals surface area contributed by atoms with Crippen LogP contribution in [-0.4, -0.2) is 17.9 Å². The second-order valence-electron chi connectivity index (χ2n) is 6.98. The topological polar surface area (TPSA) is 51.2 Å². The average Bonchev–Trinajstić information content (AvgIpc) is 2.75. The van der Waals surface area contributed by atoms with Crippen molar-refractivity contribution < 1.29 is 14.4 Å². The molecule has 145 valence electrons. The van der Waals surface area contributed by atoms with Crippen LogP contribution in [0.1, 0.15) is 16.7 Å². The van der Waals surface area contributed by atoms with E-state index >= 15 is 0 Å². The quantitative estimate of drug-likeness (QED) is 0.490. The van der Waals surface area contributed by atoms with Crippen molar-refractivity contribution in [1.82, 2.24) is 0 Å². The van der Waals surface area contributed by atoms with Crippen molar-refractivity contribution in [3.05, 3.63) is 107 Å². The molecular formula is C25H20ClO3. The summed E-state index contributed by atoms with van der Waals surface area (Å²) in [6.45, 7) is 0. The number of benzene rings is 3. The van der Waals surface area contributed by atoms with Crippen LogP contribution >= 0.6 is 11.6 Å². The normalized spacial score (nSPS) is 12.7. The zero-order valence-corrected chi connectivity index (χ0v) is 16.6. The van der Waals surface area contributed by atoms with E-state index in [2.05, 4.69) is 0 Å². The maximum Gasteiger partial charge on any atom is 0.221 e. The minimum atomic E-state index is -1.85. The molecule has 0 fully saturated rings. The molecule has 0 aromatic heterocycles. The summed E-state index contributed by atoms with van der Waals surface area (Å²) < 4.78 is 0. The second-order valence-corrected chi connectivity index (χ2v) is 7.42. The molecule has 4 heteroatoms. The smallest absolute Gasteiger partial charge is 0.221 e. The Hall–Kier alpha value is -3.04. The van der Waals surface area contributed by atoms with Crippen molar-refractivity contribution in [2.75, 3.05) is 0 Å². The van der Waals surface area contributed by atoms with Crippen LogP contribution in [0.4, 0.5) is 0 Å². The fraction of sp³-hybridized carbons (Fsp3) is 0.160. The van der Waals surface area contributed by atoms with Crippen LogP contribution in [0.2, 0.25) is 5.02 Å². The highest BCUT2D eigenvalue weighted by Gasteiger charge is 2.45. The van der Waals surface area contributed by atoms with E-state index in [0.717, 1.165) is 11.1 Å². The van der Waals surface area contributed by atoms with Gasteiger partial charge in [0.2, 0.25) is 6.29 Å². The van der Waals surface area contributed by atoms with Gasteiger partial charge in [-0.25, -0.2) is 0 Å². The zero-order chi connectivity index (χ0) is 20.7. The summed E-state index contributed by atoms with van der Waals surface area (Å²) in [6.07, 6.45) is 1.79. The highest BCUT2D eigenvalue weighted by molar-refractivity contribution is 6.30. The van der Waals surface area contributed by atoms with E-state index in [4.69, 9.17) is 11.6 Å². The molecule has 0 bridgehead atoms. The maximum atomic E-state index is 13.3. The number of halogens is 1. The van der Waals surface area contributed by atoms with Gasteiger partial charge in [0.05, 0.1) is 0 Å². The van der Waals surface area contributed by atoms with Crippen LogP contribution in [0.15, 0.2) is 84.9 Å². The molecule has 0 aliphatic carbocycles. The van der Waals surface area contributed by atoms with Gasteiger partial charge in [-0.15, -0.1) is 0 Å². The summed E-state index contributed by atoms with van der Waals surface area (Å²) in [5.41, 5.74) is 0.336. The first-order valence-corrected chi connectivity index (χ1v) is 9.69. The van der Waals surface area contributed by atoms with Crippen LogP contribution < -0.4 is 0 Å². The van der Waals surface area contributed by atoms with Gasteiger partial charge in [-0.05, 0) is 35.2 Å². The van der Waals surface area contributed by atoms with Gasteiger partial charge in [-0.3, -0.25) is 14.4 Å². The number of hydrogen-bond donors (Lipinski definition) is 0. The number of carbonyl (C=O) groups is 2. The Labute approximate surface area is 175 Å². The van der Waals surface area contributed by atoms with E-state index in [0.29, 0.717) is 10.6 Å². The third-order valence-electron chi connectivity index (χ3n) is 4.92. The van der Waals surface area contributed by atoms with Crippen LogP contribution in [0.5, 0.6) is 0 Å². The van der Waals surface area contributed by atoms with Crippen LogP contribution in [0.3, 0.4) is 0 Å². The largest absolute Gasteiger partial charge is 0.298 e. The molecule has 29 heavy (non-hydrogen) atoms. The molecule has 0 heterocycles. The van der Waals surface area contributed by atoms with Crippen molar-refractivity contribution in [3.8, 4) is 0 Å². The Bertz CT molecular complexity index is 982. The summed E-state index contributed by atoms with van der Waals surface area (Å²) in [5, 5.41) is 0.554. The fourth-order valence-electron chi connectivity index (χ4n) is 3.28. The van der Waals surface area contributed by atoms with Crippen molar-refractivity contribution in [2.45, 2.75) is 19.3 Å². The van der Waals surface area contributed by atoms with Crippen LogP contribution in [-0.2, 0) is 33.6 Å². The molecule has 0 aliphatic heterocycles. The minimum Gasteiger partial charge on any atom is -0.298 e. The Morgan fingerprint density at radius 3 is 1.62 bits per heavy atom. The van der Waals surface area contributed by atoms with Gasteiger partial charge in [0.25, 0.3) is 0 Å². The van der Waals surface area contributed by atoms with Gasteiger partial charge in [0.15, 0.2) is 17.0 Å². The molecule has 3 aromatic rings.